The number of unbranched alkanes of at least 4 members (excludes halogenated alkanes) is 1. The second-order valence-corrected chi connectivity index (χ2v) is 12.2. The maximum absolute atomic E-state index is 14.2. The Hall–Kier alpha value is -3.32. The number of urea groups is 1. The summed E-state index contributed by atoms with van der Waals surface area (Å²) in [5, 5.41) is 13.4. The Balaban J connectivity index is 1.35. The van der Waals surface area contributed by atoms with Crippen LogP contribution in [0.1, 0.15) is 48.1 Å². The van der Waals surface area contributed by atoms with Gasteiger partial charge in [0, 0.05) is 49.2 Å². The summed E-state index contributed by atoms with van der Waals surface area (Å²) >= 11 is 12.6. The lowest BCUT2D eigenvalue weighted by Gasteiger charge is -2.46. The first-order valence-electron chi connectivity index (χ1n) is 14.6. The average molecular weight is 606 g/mol. The van der Waals surface area contributed by atoms with Crippen molar-refractivity contribution in [2.24, 2.45) is 13.0 Å². The fourth-order valence-electron chi connectivity index (χ4n) is 6.10. The highest BCUT2D eigenvalue weighted by atomic mass is 35.5. The molecule has 1 aliphatic rings. The van der Waals surface area contributed by atoms with E-state index in [0.29, 0.717) is 42.6 Å². The molecule has 2 amide bonds. The third kappa shape index (κ3) is 7.35. The first kappa shape index (κ1) is 30.1. The van der Waals surface area contributed by atoms with Gasteiger partial charge in [0.15, 0.2) is 0 Å². The fourth-order valence-corrected chi connectivity index (χ4v) is 6.53. The van der Waals surface area contributed by atoms with E-state index in [0.717, 1.165) is 42.5 Å². The van der Waals surface area contributed by atoms with Gasteiger partial charge in [-0.3, -0.25) is 0 Å². The number of aryl methyl sites for hydroxylation is 2. The van der Waals surface area contributed by atoms with Crippen molar-refractivity contribution >= 4 is 29.2 Å². The van der Waals surface area contributed by atoms with Crippen molar-refractivity contribution in [3.8, 4) is 0 Å². The predicted octanol–water partition coefficient (Wildman–Crippen LogP) is 7.47. The smallest absolute Gasteiger partial charge is 0.320 e. The molecule has 2 atom stereocenters. The number of nitrogens with zero attached hydrogens (tertiary/aromatic N) is 4. The van der Waals surface area contributed by atoms with Crippen LogP contribution in [0.3, 0.4) is 0 Å². The molecular formula is C34H38Cl2N4O2. The van der Waals surface area contributed by atoms with Crippen LogP contribution in [0, 0.1) is 5.92 Å². The number of hydrogen-bond donors (Lipinski definition) is 1. The molecule has 4 aromatic rings. The van der Waals surface area contributed by atoms with Crippen LogP contribution in [0.2, 0.25) is 10.0 Å². The van der Waals surface area contributed by atoms with Gasteiger partial charge in [0.25, 0.3) is 0 Å². The van der Waals surface area contributed by atoms with E-state index in [1.807, 2.05) is 76.0 Å². The van der Waals surface area contributed by atoms with E-state index in [4.69, 9.17) is 23.2 Å². The Morgan fingerprint density at radius 2 is 1.60 bits per heavy atom. The Morgan fingerprint density at radius 3 is 2.19 bits per heavy atom. The van der Waals surface area contributed by atoms with Crippen LogP contribution in [0.4, 0.5) is 4.79 Å². The minimum atomic E-state index is -1.06. The van der Waals surface area contributed by atoms with Gasteiger partial charge in [-0.25, -0.2) is 9.78 Å². The molecule has 0 radical (unpaired) electrons. The lowest BCUT2D eigenvalue weighted by atomic mass is 9.76. The van der Waals surface area contributed by atoms with Crippen LogP contribution >= 0.6 is 23.2 Å². The zero-order chi connectivity index (χ0) is 29.5. The Morgan fingerprint density at radius 1 is 0.952 bits per heavy atom. The number of halogens is 2. The van der Waals surface area contributed by atoms with E-state index in [2.05, 4.69) is 29.2 Å². The second kappa shape index (κ2) is 13.8. The van der Waals surface area contributed by atoms with Crippen LogP contribution in [0.25, 0.3) is 0 Å². The summed E-state index contributed by atoms with van der Waals surface area (Å²) in [5.41, 5.74) is 2.98. The SMILES string of the molecule is Cn1cncc1C1(O)CCN(C(=O)N(Cc2cccc(Cl)c2)Cc2cccc(Cl)c2)CC1CCCCc1ccccc1. The fraction of sp³-hybridized carbons (Fsp3) is 0.353. The van der Waals surface area contributed by atoms with Gasteiger partial charge in [-0.1, -0.05) is 84.2 Å². The van der Waals surface area contributed by atoms with Gasteiger partial charge in [0.2, 0.25) is 0 Å². The third-order valence-corrected chi connectivity index (χ3v) is 8.79. The van der Waals surface area contributed by atoms with Crippen molar-refractivity contribution in [2.45, 2.75) is 50.8 Å². The van der Waals surface area contributed by atoms with Crippen molar-refractivity contribution in [2.75, 3.05) is 13.1 Å². The zero-order valence-electron chi connectivity index (χ0n) is 24.0. The number of piperidine rings is 1. The molecule has 0 spiro atoms. The molecule has 5 rings (SSSR count). The van der Waals surface area contributed by atoms with Crippen molar-refractivity contribution in [1.29, 1.82) is 0 Å². The molecule has 1 saturated heterocycles. The highest BCUT2D eigenvalue weighted by Crippen LogP contribution is 2.40. The summed E-state index contributed by atoms with van der Waals surface area (Å²) in [7, 11) is 1.92. The van der Waals surface area contributed by atoms with Crippen molar-refractivity contribution in [3.63, 3.8) is 0 Å². The second-order valence-electron chi connectivity index (χ2n) is 11.3. The van der Waals surface area contributed by atoms with Crippen molar-refractivity contribution in [1.82, 2.24) is 19.4 Å². The summed E-state index contributed by atoms with van der Waals surface area (Å²) in [6, 6.07) is 25.7. The third-order valence-electron chi connectivity index (χ3n) is 8.32. The molecule has 0 aliphatic carbocycles. The molecule has 0 bridgehead atoms. The number of benzene rings is 3. The molecule has 2 heterocycles. The number of likely N-dealkylation sites (tertiary alicyclic amines) is 1. The maximum atomic E-state index is 14.2. The molecule has 8 heteroatoms. The lowest BCUT2D eigenvalue weighted by molar-refractivity contribution is -0.0798. The first-order valence-corrected chi connectivity index (χ1v) is 15.3. The number of rotatable bonds is 10. The number of aliphatic hydroxyl groups is 1. The van der Waals surface area contributed by atoms with E-state index in [9.17, 15) is 9.90 Å². The highest BCUT2D eigenvalue weighted by Gasteiger charge is 2.45. The molecule has 1 N–H and O–H groups in total. The molecule has 6 nitrogen and oxygen atoms in total. The topological polar surface area (TPSA) is 61.6 Å². The number of amides is 2. The van der Waals surface area contributed by atoms with Crippen LogP contribution < -0.4 is 0 Å². The molecular weight excluding hydrogens is 567 g/mol. The number of hydrogen-bond acceptors (Lipinski definition) is 3. The van der Waals surface area contributed by atoms with Gasteiger partial charge in [0.05, 0.1) is 18.2 Å². The van der Waals surface area contributed by atoms with Crippen LogP contribution in [-0.4, -0.2) is 43.6 Å². The normalized spacial score (nSPS) is 18.7. The molecule has 3 aromatic carbocycles. The molecule has 2 unspecified atom stereocenters. The molecule has 42 heavy (non-hydrogen) atoms. The lowest BCUT2D eigenvalue weighted by Crippen LogP contribution is -2.55. The van der Waals surface area contributed by atoms with E-state index < -0.39 is 5.60 Å². The quantitative estimate of drug-likeness (QED) is 0.191. The Kier molecular flexibility index (Phi) is 9.88. The minimum Gasteiger partial charge on any atom is -0.383 e. The largest absolute Gasteiger partial charge is 0.383 e. The van der Waals surface area contributed by atoms with E-state index in [1.165, 1.54) is 5.56 Å². The first-order chi connectivity index (χ1) is 20.3. The number of imidazole rings is 1. The monoisotopic (exact) mass is 604 g/mol. The minimum absolute atomic E-state index is 0.0590. The summed E-state index contributed by atoms with van der Waals surface area (Å²) in [4.78, 5) is 22.2. The summed E-state index contributed by atoms with van der Waals surface area (Å²) in [6.07, 6.45) is 7.72. The van der Waals surface area contributed by atoms with Gasteiger partial charge in [0.1, 0.15) is 5.60 Å². The zero-order valence-corrected chi connectivity index (χ0v) is 25.5. The molecule has 220 valence electrons. The van der Waals surface area contributed by atoms with Gasteiger partial charge in [-0.2, -0.15) is 0 Å². The van der Waals surface area contributed by atoms with E-state index >= 15 is 0 Å². The average Bonchev–Trinajstić information content (AvgIpc) is 3.43. The van der Waals surface area contributed by atoms with Crippen LogP contribution in [-0.2, 0) is 32.2 Å². The van der Waals surface area contributed by atoms with Crippen LogP contribution in [0.15, 0.2) is 91.4 Å². The van der Waals surface area contributed by atoms with Crippen molar-refractivity contribution < 1.29 is 9.90 Å². The highest BCUT2D eigenvalue weighted by molar-refractivity contribution is 6.30. The molecule has 0 saturated carbocycles. The number of carbonyl (C=O) groups excluding carboxylic acids is 1. The van der Waals surface area contributed by atoms with Crippen LogP contribution in [0.5, 0.6) is 0 Å². The van der Waals surface area contributed by atoms with E-state index in [1.54, 1.807) is 12.5 Å². The number of aromatic nitrogens is 2. The summed E-state index contributed by atoms with van der Waals surface area (Å²) in [6.45, 7) is 1.74. The number of carbonyl (C=O) groups is 1. The molecule has 1 fully saturated rings. The summed E-state index contributed by atoms with van der Waals surface area (Å²) in [5.74, 6) is -0.124. The van der Waals surface area contributed by atoms with Crippen molar-refractivity contribution in [3.05, 3.63) is 124 Å². The molecule has 1 aliphatic heterocycles. The Bertz CT molecular complexity index is 1430. The predicted molar refractivity (Wildman–Crippen MR) is 168 cm³/mol. The Labute approximate surface area is 258 Å². The summed E-state index contributed by atoms with van der Waals surface area (Å²) < 4.78 is 1.90. The molecule has 1 aromatic heterocycles. The van der Waals surface area contributed by atoms with Gasteiger partial charge in [-0.15, -0.1) is 0 Å². The van der Waals surface area contributed by atoms with Gasteiger partial charge >= 0.3 is 6.03 Å². The standard InChI is InChI=1S/C34H38Cl2N4O2/c1-38-25-37-21-32(38)34(42)17-18-39(24-29(34)14-6-5-11-26-9-3-2-4-10-26)33(41)40(22-27-12-7-15-30(35)19-27)23-28-13-8-16-31(36)20-28/h2-4,7-10,12-13,15-16,19-21,25,29,42H,5-6,11,14,17-18,22-24H2,1H3. The van der Waals surface area contributed by atoms with Gasteiger partial charge < -0.3 is 19.5 Å². The maximum Gasteiger partial charge on any atom is 0.320 e. The van der Waals surface area contributed by atoms with E-state index in [-0.39, 0.29) is 11.9 Å². The van der Waals surface area contributed by atoms with Gasteiger partial charge in [-0.05, 0) is 66.6 Å².